The Morgan fingerprint density at radius 3 is 2.28 bits per heavy atom. The first-order chi connectivity index (χ1) is 11.9. The van der Waals surface area contributed by atoms with Crippen molar-refractivity contribution in [2.45, 2.75) is 11.9 Å². The number of ether oxygens (including phenoxy) is 2. The van der Waals surface area contributed by atoms with Crippen LogP contribution in [0.1, 0.15) is 17.2 Å². The summed E-state index contributed by atoms with van der Waals surface area (Å²) in [6.45, 7) is -0.0509. The van der Waals surface area contributed by atoms with Gasteiger partial charge in [0.25, 0.3) is 0 Å². The largest absolute Gasteiger partial charge is 0.493 e. The van der Waals surface area contributed by atoms with Gasteiger partial charge in [0.2, 0.25) is 10.0 Å². The van der Waals surface area contributed by atoms with E-state index in [-0.39, 0.29) is 12.3 Å². The maximum Gasteiger partial charge on any atom is 0.218 e. The molecule has 0 bridgehead atoms. The van der Waals surface area contributed by atoms with Crippen LogP contribution < -0.4 is 9.47 Å². The Bertz CT molecular complexity index is 792. The predicted molar refractivity (Wildman–Crippen MR) is 96.2 cm³/mol. The van der Waals surface area contributed by atoms with Crippen molar-refractivity contribution >= 4 is 10.0 Å². The van der Waals surface area contributed by atoms with E-state index in [4.69, 9.17) is 9.47 Å². The average Bonchev–Trinajstić information content (AvgIpc) is 2.61. The zero-order chi connectivity index (χ0) is 18.4. The van der Waals surface area contributed by atoms with Crippen LogP contribution in [0.3, 0.4) is 0 Å². The van der Waals surface area contributed by atoms with Crippen LogP contribution >= 0.6 is 0 Å². The Morgan fingerprint density at radius 2 is 1.68 bits per heavy atom. The SMILES string of the molecule is COc1ccc(C(O)CN(C)S(=O)(=O)Cc2ccccc2)cc1OC. The number of benzene rings is 2. The third kappa shape index (κ3) is 4.94. The van der Waals surface area contributed by atoms with E-state index in [0.29, 0.717) is 22.6 Å². The number of hydrogen-bond acceptors (Lipinski definition) is 5. The smallest absolute Gasteiger partial charge is 0.218 e. The fraction of sp³-hybridized carbons (Fsp3) is 0.333. The molecule has 2 aromatic rings. The van der Waals surface area contributed by atoms with Crippen molar-refractivity contribution in [3.05, 3.63) is 59.7 Å². The first-order valence-electron chi connectivity index (χ1n) is 7.75. The molecule has 25 heavy (non-hydrogen) atoms. The van der Waals surface area contributed by atoms with Crippen LogP contribution in [0.2, 0.25) is 0 Å². The van der Waals surface area contributed by atoms with Crippen molar-refractivity contribution in [2.24, 2.45) is 0 Å². The van der Waals surface area contributed by atoms with E-state index in [0.717, 1.165) is 0 Å². The van der Waals surface area contributed by atoms with Crippen molar-refractivity contribution in [3.63, 3.8) is 0 Å². The monoisotopic (exact) mass is 365 g/mol. The summed E-state index contributed by atoms with van der Waals surface area (Å²) >= 11 is 0. The maximum atomic E-state index is 12.5. The molecule has 2 aromatic carbocycles. The molecule has 7 heteroatoms. The van der Waals surface area contributed by atoms with Crippen LogP contribution in [0.5, 0.6) is 11.5 Å². The minimum Gasteiger partial charge on any atom is -0.493 e. The van der Waals surface area contributed by atoms with Crippen molar-refractivity contribution in [1.82, 2.24) is 4.31 Å². The number of aliphatic hydroxyl groups excluding tert-OH is 1. The van der Waals surface area contributed by atoms with E-state index in [2.05, 4.69) is 0 Å². The second-order valence-electron chi connectivity index (χ2n) is 5.65. The van der Waals surface area contributed by atoms with Crippen LogP contribution in [0.25, 0.3) is 0 Å². The number of hydrogen-bond donors (Lipinski definition) is 1. The normalized spacial score (nSPS) is 12.8. The lowest BCUT2D eigenvalue weighted by molar-refractivity contribution is 0.154. The third-order valence-electron chi connectivity index (χ3n) is 3.89. The van der Waals surface area contributed by atoms with Crippen LogP contribution in [-0.2, 0) is 15.8 Å². The second-order valence-corrected chi connectivity index (χ2v) is 7.73. The van der Waals surface area contributed by atoms with Gasteiger partial charge >= 0.3 is 0 Å². The average molecular weight is 365 g/mol. The van der Waals surface area contributed by atoms with Crippen LogP contribution in [0.15, 0.2) is 48.5 Å². The molecule has 0 aliphatic heterocycles. The highest BCUT2D eigenvalue weighted by Gasteiger charge is 2.22. The van der Waals surface area contributed by atoms with E-state index >= 15 is 0 Å². The number of likely N-dealkylation sites (N-methyl/N-ethyl adjacent to an activating group) is 1. The molecule has 0 amide bonds. The van der Waals surface area contributed by atoms with Gasteiger partial charge in [-0.25, -0.2) is 12.7 Å². The molecule has 6 nitrogen and oxygen atoms in total. The third-order valence-corrected chi connectivity index (χ3v) is 5.69. The minimum atomic E-state index is -3.53. The summed E-state index contributed by atoms with van der Waals surface area (Å²) in [5, 5.41) is 10.4. The first kappa shape index (κ1) is 19.2. The van der Waals surface area contributed by atoms with E-state index in [9.17, 15) is 13.5 Å². The highest BCUT2D eigenvalue weighted by molar-refractivity contribution is 7.88. The Labute approximate surface area is 148 Å². The number of rotatable bonds is 8. The quantitative estimate of drug-likeness (QED) is 0.776. The summed E-state index contributed by atoms with van der Waals surface area (Å²) in [6, 6.07) is 13.9. The lowest BCUT2D eigenvalue weighted by atomic mass is 10.1. The van der Waals surface area contributed by atoms with Gasteiger partial charge < -0.3 is 14.6 Å². The lowest BCUT2D eigenvalue weighted by Gasteiger charge is -2.21. The molecule has 0 aliphatic rings. The van der Waals surface area contributed by atoms with Gasteiger partial charge in [-0.15, -0.1) is 0 Å². The summed E-state index contributed by atoms with van der Waals surface area (Å²) in [5.74, 6) is 0.917. The predicted octanol–water partition coefficient (Wildman–Crippen LogP) is 2.20. The van der Waals surface area contributed by atoms with Crippen LogP contribution in [-0.4, -0.2) is 45.6 Å². The van der Waals surface area contributed by atoms with E-state index in [1.807, 2.05) is 6.07 Å². The highest BCUT2D eigenvalue weighted by atomic mass is 32.2. The number of nitrogens with zero attached hydrogens (tertiary/aromatic N) is 1. The molecule has 0 fully saturated rings. The van der Waals surface area contributed by atoms with Gasteiger partial charge in [0, 0.05) is 13.6 Å². The van der Waals surface area contributed by atoms with Gasteiger partial charge in [-0.2, -0.15) is 0 Å². The van der Waals surface area contributed by atoms with Gasteiger partial charge in [0.05, 0.1) is 26.1 Å². The molecule has 1 N–H and O–H groups in total. The molecule has 0 aliphatic carbocycles. The van der Waals surface area contributed by atoms with Gasteiger partial charge in [-0.1, -0.05) is 36.4 Å². The first-order valence-corrected chi connectivity index (χ1v) is 9.36. The summed E-state index contributed by atoms with van der Waals surface area (Å²) < 4.78 is 36.5. The topological polar surface area (TPSA) is 76.1 Å². The Morgan fingerprint density at radius 1 is 1.04 bits per heavy atom. The highest BCUT2D eigenvalue weighted by Crippen LogP contribution is 2.30. The molecule has 2 rings (SSSR count). The van der Waals surface area contributed by atoms with Gasteiger partial charge in [-0.3, -0.25) is 0 Å². The van der Waals surface area contributed by atoms with Crippen LogP contribution in [0, 0.1) is 0 Å². The molecule has 136 valence electrons. The fourth-order valence-electron chi connectivity index (χ4n) is 2.42. The molecular weight excluding hydrogens is 342 g/mol. The molecule has 0 saturated heterocycles. The molecule has 0 aromatic heterocycles. The number of methoxy groups -OCH3 is 2. The summed E-state index contributed by atoms with van der Waals surface area (Å²) in [6.07, 6.45) is -0.977. The second kappa shape index (κ2) is 8.33. The van der Waals surface area contributed by atoms with Crippen LogP contribution in [0.4, 0.5) is 0 Å². The summed E-state index contributed by atoms with van der Waals surface area (Å²) in [7, 11) is 0.963. The fourth-order valence-corrected chi connectivity index (χ4v) is 3.62. The lowest BCUT2D eigenvalue weighted by Crippen LogP contribution is -2.32. The van der Waals surface area contributed by atoms with E-state index < -0.39 is 16.1 Å². The van der Waals surface area contributed by atoms with Gasteiger partial charge in [-0.05, 0) is 23.3 Å². The van der Waals surface area contributed by atoms with Gasteiger partial charge in [0.1, 0.15) is 0 Å². The van der Waals surface area contributed by atoms with Crippen molar-refractivity contribution in [3.8, 4) is 11.5 Å². The molecule has 1 atom stereocenters. The molecule has 0 spiro atoms. The van der Waals surface area contributed by atoms with Crippen molar-refractivity contribution in [2.75, 3.05) is 27.8 Å². The van der Waals surface area contributed by atoms with Gasteiger partial charge in [0.15, 0.2) is 11.5 Å². The molecule has 1 unspecified atom stereocenters. The Kier molecular flexibility index (Phi) is 6.41. The van der Waals surface area contributed by atoms with Crippen molar-refractivity contribution < 1.29 is 23.0 Å². The zero-order valence-corrected chi connectivity index (χ0v) is 15.4. The molecule has 0 saturated carbocycles. The summed E-state index contributed by atoms with van der Waals surface area (Å²) in [5.41, 5.74) is 1.26. The minimum absolute atomic E-state index is 0.0509. The Hall–Kier alpha value is -2.09. The Balaban J connectivity index is 2.10. The summed E-state index contributed by atoms with van der Waals surface area (Å²) in [4.78, 5) is 0. The number of sulfonamides is 1. The standard InChI is InChI=1S/C18H23NO5S/c1-19(25(21,22)13-14-7-5-4-6-8-14)12-16(20)15-9-10-17(23-2)18(11-15)24-3/h4-11,16,20H,12-13H2,1-3H3. The molecule has 0 radical (unpaired) electrons. The molecular formula is C18H23NO5S. The molecule has 0 heterocycles. The van der Waals surface area contributed by atoms with E-state index in [1.165, 1.54) is 25.6 Å². The number of aliphatic hydroxyl groups is 1. The zero-order valence-electron chi connectivity index (χ0n) is 14.5. The van der Waals surface area contributed by atoms with E-state index in [1.54, 1.807) is 42.5 Å². The van der Waals surface area contributed by atoms with Crippen molar-refractivity contribution in [1.29, 1.82) is 0 Å². The maximum absolute atomic E-state index is 12.5.